The number of benzene rings is 2. The standard InChI is InChI=1S/C28H27ClF4N4O4/c1-27(35,26(34)39)16-11-21(14-3-7-20(30)19(29)9-14)37-22(12-16)18(28(31,32)33)13-36-25(38)15-4-8-23(24(10-15)40-2)41-17-5-6-17/h3-4,7-12,17-18H,5-6,13,35H2,1-2H3,(H2,34,39)(H,36,38). The molecule has 2 atom stereocenters. The van der Waals surface area contributed by atoms with Crippen molar-refractivity contribution in [3.05, 3.63) is 76.2 Å². The van der Waals surface area contributed by atoms with Gasteiger partial charge in [0, 0.05) is 17.7 Å². The summed E-state index contributed by atoms with van der Waals surface area (Å²) in [7, 11) is 1.39. The lowest BCUT2D eigenvalue weighted by Crippen LogP contribution is -2.46. The van der Waals surface area contributed by atoms with Crippen LogP contribution in [0.4, 0.5) is 17.6 Å². The van der Waals surface area contributed by atoms with Gasteiger partial charge in [-0.2, -0.15) is 13.2 Å². The summed E-state index contributed by atoms with van der Waals surface area (Å²) in [5.41, 5.74) is 9.16. The third kappa shape index (κ3) is 6.88. The van der Waals surface area contributed by atoms with Gasteiger partial charge in [-0.15, -0.1) is 0 Å². The van der Waals surface area contributed by atoms with Gasteiger partial charge >= 0.3 is 6.18 Å². The number of amides is 2. The van der Waals surface area contributed by atoms with Crippen molar-refractivity contribution in [1.82, 2.24) is 10.3 Å². The third-order valence-corrected chi connectivity index (χ3v) is 6.92. The molecule has 2 unspecified atom stereocenters. The zero-order valence-electron chi connectivity index (χ0n) is 22.0. The second-order valence-corrected chi connectivity index (χ2v) is 10.3. The van der Waals surface area contributed by atoms with Crippen molar-refractivity contribution in [3.8, 4) is 22.8 Å². The van der Waals surface area contributed by atoms with Gasteiger partial charge in [0.15, 0.2) is 11.5 Å². The Labute approximate surface area is 238 Å². The number of aromatic nitrogens is 1. The molecule has 218 valence electrons. The predicted molar refractivity (Wildman–Crippen MR) is 143 cm³/mol. The molecule has 1 aromatic heterocycles. The van der Waals surface area contributed by atoms with Crippen molar-refractivity contribution in [2.24, 2.45) is 11.5 Å². The Bertz CT molecular complexity index is 1480. The Morgan fingerprint density at radius 1 is 1.12 bits per heavy atom. The number of carbonyl (C=O) groups is 2. The number of nitrogens with two attached hydrogens (primary N) is 2. The van der Waals surface area contributed by atoms with Crippen LogP contribution in [0.3, 0.4) is 0 Å². The molecule has 8 nitrogen and oxygen atoms in total. The molecule has 5 N–H and O–H groups in total. The first-order valence-electron chi connectivity index (χ1n) is 12.5. The van der Waals surface area contributed by atoms with E-state index in [-0.39, 0.29) is 39.3 Å². The highest BCUT2D eigenvalue weighted by atomic mass is 35.5. The zero-order chi connectivity index (χ0) is 30.1. The molecule has 0 spiro atoms. The maximum Gasteiger partial charge on any atom is 0.398 e. The Balaban J connectivity index is 1.68. The number of ether oxygens (including phenoxy) is 2. The number of methoxy groups -OCH3 is 1. The summed E-state index contributed by atoms with van der Waals surface area (Å²) < 4.78 is 67.9. The van der Waals surface area contributed by atoms with E-state index < -0.39 is 47.5 Å². The topological polar surface area (TPSA) is 130 Å². The van der Waals surface area contributed by atoms with Gasteiger partial charge < -0.3 is 26.3 Å². The smallest absolute Gasteiger partial charge is 0.398 e. The molecule has 1 saturated carbocycles. The number of carbonyl (C=O) groups excluding carboxylic acids is 2. The molecule has 13 heteroatoms. The van der Waals surface area contributed by atoms with E-state index in [1.165, 1.54) is 50.4 Å². The van der Waals surface area contributed by atoms with Crippen molar-refractivity contribution in [2.45, 2.75) is 43.5 Å². The first-order valence-corrected chi connectivity index (χ1v) is 12.8. The summed E-state index contributed by atoms with van der Waals surface area (Å²) in [4.78, 5) is 29.1. The van der Waals surface area contributed by atoms with Crippen LogP contribution in [-0.2, 0) is 10.3 Å². The molecule has 1 heterocycles. The molecule has 0 bridgehead atoms. The molecule has 3 aromatic rings. The summed E-state index contributed by atoms with van der Waals surface area (Å²) in [5.74, 6) is -4.16. The number of nitrogens with zero attached hydrogens (tertiary/aromatic N) is 1. The van der Waals surface area contributed by atoms with Gasteiger partial charge in [0.05, 0.1) is 29.6 Å². The van der Waals surface area contributed by atoms with Gasteiger partial charge in [-0.1, -0.05) is 11.6 Å². The van der Waals surface area contributed by atoms with Gasteiger partial charge in [0.2, 0.25) is 5.91 Å². The lowest BCUT2D eigenvalue weighted by Gasteiger charge is -2.26. The number of hydrogen-bond acceptors (Lipinski definition) is 6. The monoisotopic (exact) mass is 594 g/mol. The number of pyridine rings is 1. The first kappa shape index (κ1) is 30.1. The molecular weight excluding hydrogens is 568 g/mol. The van der Waals surface area contributed by atoms with E-state index in [4.69, 9.17) is 32.5 Å². The van der Waals surface area contributed by atoms with Crippen LogP contribution in [0.1, 0.15) is 47.3 Å². The molecule has 1 aliphatic carbocycles. The number of hydrogen-bond donors (Lipinski definition) is 3. The molecule has 0 saturated heterocycles. The summed E-state index contributed by atoms with van der Waals surface area (Å²) in [6.45, 7) is 0.340. The molecule has 2 amide bonds. The van der Waals surface area contributed by atoms with E-state index in [0.717, 1.165) is 25.0 Å². The van der Waals surface area contributed by atoms with Crippen molar-refractivity contribution in [2.75, 3.05) is 13.7 Å². The van der Waals surface area contributed by atoms with Gasteiger partial charge in [-0.25, -0.2) is 4.39 Å². The van der Waals surface area contributed by atoms with E-state index in [1.807, 2.05) is 0 Å². The van der Waals surface area contributed by atoms with E-state index >= 15 is 0 Å². The highest BCUT2D eigenvalue weighted by Gasteiger charge is 2.43. The molecule has 0 aliphatic heterocycles. The number of halogens is 5. The van der Waals surface area contributed by atoms with E-state index in [2.05, 4.69) is 10.3 Å². The average molecular weight is 595 g/mol. The Morgan fingerprint density at radius 2 is 1.83 bits per heavy atom. The van der Waals surface area contributed by atoms with Crippen LogP contribution in [0.15, 0.2) is 48.5 Å². The quantitative estimate of drug-likeness (QED) is 0.289. The maximum atomic E-state index is 14.4. The second-order valence-electron chi connectivity index (χ2n) is 9.85. The van der Waals surface area contributed by atoms with E-state index in [0.29, 0.717) is 5.75 Å². The molecule has 0 radical (unpaired) electrons. The van der Waals surface area contributed by atoms with Crippen molar-refractivity contribution < 1.29 is 36.6 Å². The molecule has 41 heavy (non-hydrogen) atoms. The molecule has 1 aliphatic rings. The third-order valence-electron chi connectivity index (χ3n) is 6.63. The number of rotatable bonds is 10. The fourth-order valence-electron chi connectivity index (χ4n) is 3.93. The fourth-order valence-corrected chi connectivity index (χ4v) is 4.11. The predicted octanol–water partition coefficient (Wildman–Crippen LogP) is 4.83. The second kappa shape index (κ2) is 11.5. The lowest BCUT2D eigenvalue weighted by atomic mass is 9.89. The largest absolute Gasteiger partial charge is 0.493 e. The van der Waals surface area contributed by atoms with Crippen LogP contribution >= 0.6 is 11.6 Å². The SMILES string of the molecule is COc1cc(C(=O)NCC(c2cc(C(C)(N)C(N)=O)cc(-c3ccc(F)c(Cl)c3)n2)C(F)(F)F)ccc1OC1CC1. The van der Waals surface area contributed by atoms with Crippen molar-refractivity contribution in [1.29, 1.82) is 0 Å². The van der Waals surface area contributed by atoms with Crippen molar-refractivity contribution >= 4 is 23.4 Å². The van der Waals surface area contributed by atoms with Crippen molar-refractivity contribution in [3.63, 3.8) is 0 Å². The summed E-state index contributed by atoms with van der Waals surface area (Å²) in [6, 6.07) is 10.1. The normalized spacial score (nSPS) is 15.5. The highest BCUT2D eigenvalue weighted by molar-refractivity contribution is 6.31. The minimum atomic E-state index is -4.88. The van der Waals surface area contributed by atoms with Crippen LogP contribution in [0.5, 0.6) is 11.5 Å². The molecule has 4 rings (SSSR count). The zero-order valence-corrected chi connectivity index (χ0v) is 22.8. The summed E-state index contributed by atoms with van der Waals surface area (Å²) in [6.07, 6.45) is -3.01. The van der Waals surface area contributed by atoms with Gasteiger partial charge in [0.1, 0.15) is 17.3 Å². The fraction of sp³-hybridized carbons (Fsp3) is 0.321. The van der Waals surface area contributed by atoms with Gasteiger partial charge in [0.25, 0.3) is 5.91 Å². The average Bonchev–Trinajstić information content (AvgIpc) is 3.73. The molecule has 1 fully saturated rings. The summed E-state index contributed by atoms with van der Waals surface area (Å²) >= 11 is 5.87. The van der Waals surface area contributed by atoms with Gasteiger partial charge in [-0.05, 0) is 73.9 Å². The van der Waals surface area contributed by atoms with Crippen LogP contribution in [0.2, 0.25) is 5.02 Å². The van der Waals surface area contributed by atoms with Crippen LogP contribution in [-0.4, -0.2) is 42.7 Å². The number of primary amides is 1. The number of nitrogens with one attached hydrogen (secondary N) is 1. The molecular formula is C28H27ClF4N4O4. The number of alkyl halides is 3. The Kier molecular flexibility index (Phi) is 8.46. The van der Waals surface area contributed by atoms with Crippen LogP contribution in [0, 0.1) is 5.82 Å². The van der Waals surface area contributed by atoms with E-state index in [9.17, 15) is 27.2 Å². The van der Waals surface area contributed by atoms with E-state index in [1.54, 1.807) is 0 Å². The minimum Gasteiger partial charge on any atom is -0.493 e. The lowest BCUT2D eigenvalue weighted by molar-refractivity contribution is -0.149. The maximum absolute atomic E-state index is 14.4. The van der Waals surface area contributed by atoms with Crippen LogP contribution in [0.25, 0.3) is 11.3 Å². The Hall–Kier alpha value is -3.90. The molecule has 2 aromatic carbocycles. The Morgan fingerprint density at radius 3 is 2.41 bits per heavy atom. The van der Waals surface area contributed by atoms with Crippen LogP contribution < -0.4 is 26.3 Å². The minimum absolute atomic E-state index is 0.0533. The summed E-state index contributed by atoms with van der Waals surface area (Å²) in [5, 5.41) is 2.01. The first-order chi connectivity index (χ1) is 19.2. The highest BCUT2D eigenvalue weighted by Crippen LogP contribution is 2.37. The van der Waals surface area contributed by atoms with Gasteiger partial charge in [-0.3, -0.25) is 14.6 Å².